The van der Waals surface area contributed by atoms with E-state index in [2.05, 4.69) is 13.5 Å². The zero-order chi connectivity index (χ0) is 9.94. The largest absolute Gasteiger partial charge is 0.172 e. The van der Waals surface area contributed by atoms with E-state index in [0.29, 0.717) is 0 Å². The van der Waals surface area contributed by atoms with E-state index in [4.69, 9.17) is 11.1 Å². The zero-order valence-corrected chi connectivity index (χ0v) is 11.2. The quantitative estimate of drug-likeness (QED) is 0.300. The van der Waals surface area contributed by atoms with E-state index in [-0.39, 0.29) is 0 Å². The maximum absolute atomic E-state index is 6.00. The van der Waals surface area contributed by atoms with Crippen LogP contribution < -0.4 is 0 Å². The van der Waals surface area contributed by atoms with Crippen LogP contribution in [0.2, 0.25) is 12.6 Å². The van der Waals surface area contributed by atoms with Gasteiger partial charge in [0.05, 0.1) is 0 Å². The van der Waals surface area contributed by atoms with Crippen LogP contribution in [0.25, 0.3) is 0 Å². The molecule has 0 aromatic heterocycles. The Kier molecular flexibility index (Phi) is 11.0. The Balaban J connectivity index is 2.84. The first-order valence-corrected chi connectivity index (χ1v) is 9.63. The maximum atomic E-state index is 6.00. The molecule has 0 bridgehead atoms. The number of halogens is 1. The minimum atomic E-state index is -0.768. The highest BCUT2D eigenvalue weighted by Crippen LogP contribution is 2.11. The van der Waals surface area contributed by atoms with E-state index in [1.807, 2.05) is 0 Å². The van der Waals surface area contributed by atoms with Crippen LogP contribution in [-0.4, -0.2) is 8.11 Å². The van der Waals surface area contributed by atoms with Crippen molar-refractivity contribution >= 4 is 19.2 Å². The summed E-state index contributed by atoms with van der Waals surface area (Å²) in [5, 5.41) is 0. The third-order valence-electron chi connectivity index (χ3n) is 2.46. The van der Waals surface area contributed by atoms with E-state index < -0.39 is 8.11 Å². The summed E-state index contributed by atoms with van der Waals surface area (Å²) in [7, 11) is -0.768. The fourth-order valence-corrected chi connectivity index (χ4v) is 2.87. The molecule has 0 aliphatic heterocycles. The third kappa shape index (κ3) is 12.5. The van der Waals surface area contributed by atoms with Gasteiger partial charge in [0, 0.05) is 0 Å². The van der Waals surface area contributed by atoms with Crippen molar-refractivity contribution in [2.75, 3.05) is 0 Å². The highest BCUT2D eigenvalue weighted by atomic mass is 35.6. The summed E-state index contributed by atoms with van der Waals surface area (Å²) in [6.45, 7) is 4.50. The minimum absolute atomic E-state index is 0.768. The van der Waals surface area contributed by atoms with E-state index in [1.54, 1.807) is 0 Å². The van der Waals surface area contributed by atoms with E-state index >= 15 is 0 Å². The normalized spacial score (nSPS) is 13.2. The molecular weight excluding hydrogens is 196 g/mol. The summed E-state index contributed by atoms with van der Waals surface area (Å²) < 4.78 is 0. The Hall–Kier alpha value is 0.507. The molecule has 0 aliphatic carbocycles. The lowest BCUT2D eigenvalue weighted by atomic mass is 10.1. The van der Waals surface area contributed by atoms with Gasteiger partial charge in [-0.2, -0.15) is 11.1 Å². The van der Waals surface area contributed by atoms with Gasteiger partial charge in [0.25, 0.3) is 0 Å². The van der Waals surface area contributed by atoms with Crippen LogP contribution in [0, 0.1) is 0 Å². The fraction of sp³-hybridized carbons (Fsp3) is 1.00. The van der Waals surface area contributed by atoms with Crippen LogP contribution in [0.5, 0.6) is 0 Å². The Labute approximate surface area is 90.4 Å². The molecule has 0 fully saturated rings. The lowest BCUT2D eigenvalue weighted by Gasteiger charge is -2.01. The zero-order valence-electron chi connectivity index (χ0n) is 9.32. The molecule has 2 heteroatoms. The first-order valence-electron chi connectivity index (χ1n) is 5.91. The van der Waals surface area contributed by atoms with Crippen molar-refractivity contribution in [2.24, 2.45) is 0 Å². The monoisotopic (exact) mass is 220 g/mol. The van der Waals surface area contributed by atoms with Gasteiger partial charge in [-0.25, -0.2) is 0 Å². The van der Waals surface area contributed by atoms with Gasteiger partial charge in [-0.05, 0) is 6.04 Å². The van der Waals surface area contributed by atoms with Crippen LogP contribution in [0.1, 0.15) is 58.3 Å². The van der Waals surface area contributed by atoms with Gasteiger partial charge in [-0.1, -0.05) is 64.8 Å². The summed E-state index contributed by atoms with van der Waals surface area (Å²) in [5.74, 6) is 0. The third-order valence-corrected chi connectivity index (χ3v) is 4.31. The number of hydrogen-bond acceptors (Lipinski definition) is 0. The lowest BCUT2D eigenvalue weighted by Crippen LogP contribution is -1.94. The molecule has 0 aromatic rings. The second-order valence-corrected chi connectivity index (χ2v) is 8.42. The van der Waals surface area contributed by atoms with E-state index in [9.17, 15) is 0 Å². The van der Waals surface area contributed by atoms with Crippen LogP contribution in [0.15, 0.2) is 0 Å². The second kappa shape index (κ2) is 10.6. The Morgan fingerprint density at radius 2 is 1.31 bits per heavy atom. The summed E-state index contributed by atoms with van der Waals surface area (Å²) >= 11 is 6.00. The maximum Gasteiger partial charge on any atom is 0.138 e. The van der Waals surface area contributed by atoms with Crippen LogP contribution >= 0.6 is 11.1 Å². The molecule has 0 spiro atoms. The smallest absolute Gasteiger partial charge is 0.138 e. The molecule has 0 saturated heterocycles. The molecule has 0 aromatic carbocycles. The molecule has 0 saturated carbocycles. The Morgan fingerprint density at radius 3 is 1.77 bits per heavy atom. The Morgan fingerprint density at radius 1 is 0.846 bits per heavy atom. The SMILES string of the molecule is CCCCCCCCCC[SiH](C)Cl. The number of unbranched alkanes of at least 4 members (excludes halogenated alkanes) is 7. The van der Waals surface area contributed by atoms with E-state index in [0.717, 1.165) is 0 Å². The molecule has 0 amide bonds. The topological polar surface area (TPSA) is 0 Å². The van der Waals surface area contributed by atoms with Gasteiger partial charge in [0.2, 0.25) is 0 Å². The van der Waals surface area contributed by atoms with Crippen molar-refractivity contribution in [3.05, 3.63) is 0 Å². The van der Waals surface area contributed by atoms with Crippen molar-refractivity contribution in [1.29, 1.82) is 0 Å². The van der Waals surface area contributed by atoms with Gasteiger partial charge in [0.1, 0.15) is 8.11 Å². The highest BCUT2D eigenvalue weighted by Gasteiger charge is 1.97. The van der Waals surface area contributed by atoms with Crippen molar-refractivity contribution < 1.29 is 0 Å². The highest BCUT2D eigenvalue weighted by molar-refractivity contribution is 7.06. The first-order chi connectivity index (χ1) is 6.27. The molecule has 13 heavy (non-hydrogen) atoms. The first kappa shape index (κ1) is 13.5. The molecule has 80 valence electrons. The summed E-state index contributed by atoms with van der Waals surface area (Å²) in [4.78, 5) is 0. The molecular formula is C11H25ClSi. The molecule has 0 radical (unpaired) electrons. The average Bonchev–Trinajstić information content (AvgIpc) is 2.09. The Bertz CT molecular complexity index is 94.1. The average molecular weight is 221 g/mol. The van der Waals surface area contributed by atoms with Gasteiger partial charge >= 0.3 is 0 Å². The van der Waals surface area contributed by atoms with Crippen LogP contribution in [-0.2, 0) is 0 Å². The van der Waals surface area contributed by atoms with Gasteiger partial charge in [-0.15, -0.1) is 0 Å². The van der Waals surface area contributed by atoms with Crippen molar-refractivity contribution in [3.63, 3.8) is 0 Å². The van der Waals surface area contributed by atoms with Gasteiger partial charge < -0.3 is 0 Å². The summed E-state index contributed by atoms with van der Waals surface area (Å²) in [5.41, 5.74) is 0. The van der Waals surface area contributed by atoms with Gasteiger partial charge in [0.15, 0.2) is 0 Å². The summed E-state index contributed by atoms with van der Waals surface area (Å²) in [6.07, 6.45) is 11.3. The predicted molar refractivity (Wildman–Crippen MR) is 66.3 cm³/mol. The van der Waals surface area contributed by atoms with Crippen molar-refractivity contribution in [2.45, 2.75) is 70.9 Å². The standard InChI is InChI=1S/C11H25ClSi/c1-3-4-5-6-7-8-9-10-11-13(2)12/h13H,3-11H2,1-2H3. The lowest BCUT2D eigenvalue weighted by molar-refractivity contribution is 0.584. The molecule has 0 rings (SSSR count). The molecule has 0 heterocycles. The van der Waals surface area contributed by atoms with E-state index in [1.165, 1.54) is 57.4 Å². The van der Waals surface area contributed by atoms with Crippen LogP contribution in [0.3, 0.4) is 0 Å². The number of hydrogen-bond donors (Lipinski definition) is 0. The molecule has 0 N–H and O–H groups in total. The fourth-order valence-electron chi connectivity index (χ4n) is 1.56. The minimum Gasteiger partial charge on any atom is -0.172 e. The summed E-state index contributed by atoms with van der Waals surface area (Å²) in [6, 6.07) is 1.33. The number of rotatable bonds is 9. The van der Waals surface area contributed by atoms with Crippen molar-refractivity contribution in [1.82, 2.24) is 0 Å². The molecule has 0 nitrogen and oxygen atoms in total. The van der Waals surface area contributed by atoms with Crippen molar-refractivity contribution in [3.8, 4) is 0 Å². The molecule has 1 unspecified atom stereocenters. The molecule has 1 atom stereocenters. The molecule has 0 aliphatic rings. The van der Waals surface area contributed by atoms with Crippen LogP contribution in [0.4, 0.5) is 0 Å². The second-order valence-electron chi connectivity index (χ2n) is 4.04. The predicted octanol–water partition coefficient (Wildman–Crippen LogP) is 4.72. The van der Waals surface area contributed by atoms with Gasteiger partial charge in [-0.3, -0.25) is 0 Å².